The van der Waals surface area contributed by atoms with E-state index in [0.717, 1.165) is 12.1 Å². The van der Waals surface area contributed by atoms with Crippen molar-refractivity contribution < 1.29 is 22.3 Å². The zero-order chi connectivity index (χ0) is 21.2. The molecule has 3 aromatic carbocycles. The average Bonchev–Trinajstić information content (AvgIpc) is 2.68. The molecule has 0 bridgehead atoms. The molecule has 1 atom stereocenters. The van der Waals surface area contributed by atoms with E-state index in [1.807, 2.05) is 0 Å². The van der Waals surface area contributed by atoms with Crippen molar-refractivity contribution in [2.24, 2.45) is 5.73 Å². The number of hydrogen-bond donors (Lipinski definition) is 3. The summed E-state index contributed by atoms with van der Waals surface area (Å²) < 4.78 is 54.8. The zero-order valence-electron chi connectivity index (χ0n) is 15.6. The molecule has 0 saturated carbocycles. The number of benzene rings is 3. The Morgan fingerprint density at radius 2 is 1.72 bits per heavy atom. The van der Waals surface area contributed by atoms with Crippen molar-refractivity contribution in [2.45, 2.75) is 17.4 Å². The van der Waals surface area contributed by atoms with Gasteiger partial charge in [0.15, 0.2) is 0 Å². The van der Waals surface area contributed by atoms with Crippen LogP contribution in [0, 0.1) is 11.6 Å². The van der Waals surface area contributed by atoms with Crippen molar-refractivity contribution in [3.05, 3.63) is 83.9 Å². The fourth-order valence-corrected chi connectivity index (χ4v) is 3.83. The second kappa shape index (κ2) is 7.90. The van der Waals surface area contributed by atoms with Gasteiger partial charge in [0.2, 0.25) is 0 Å². The smallest absolute Gasteiger partial charge is 0.261 e. The number of aliphatic hydroxyl groups excluding tert-OH is 1. The molecule has 0 amide bonds. The number of rotatable bonds is 6. The van der Waals surface area contributed by atoms with Crippen LogP contribution in [0.15, 0.2) is 71.6 Å². The van der Waals surface area contributed by atoms with E-state index >= 15 is 0 Å². The predicted octanol–water partition coefficient (Wildman–Crippen LogP) is 3.60. The van der Waals surface area contributed by atoms with Crippen molar-refractivity contribution in [2.75, 3.05) is 11.3 Å². The van der Waals surface area contributed by atoms with Crippen LogP contribution in [0.3, 0.4) is 0 Å². The van der Waals surface area contributed by atoms with E-state index in [4.69, 9.17) is 5.73 Å². The van der Waals surface area contributed by atoms with E-state index < -0.39 is 27.2 Å². The molecule has 4 N–H and O–H groups in total. The Morgan fingerprint density at radius 3 is 2.34 bits per heavy atom. The van der Waals surface area contributed by atoms with Gasteiger partial charge in [0.05, 0.1) is 17.0 Å². The molecule has 0 heterocycles. The van der Waals surface area contributed by atoms with Gasteiger partial charge in [-0.2, -0.15) is 0 Å². The largest absolute Gasteiger partial charge is 0.394 e. The molecule has 1 unspecified atom stereocenters. The van der Waals surface area contributed by atoms with Gasteiger partial charge in [0.25, 0.3) is 10.0 Å². The molecule has 8 heteroatoms. The summed E-state index contributed by atoms with van der Waals surface area (Å²) in [5.41, 5.74) is 6.44. The van der Waals surface area contributed by atoms with Crippen LogP contribution in [0.4, 0.5) is 14.5 Å². The summed E-state index contributed by atoms with van der Waals surface area (Å²) in [5.74, 6) is -1.42. The monoisotopic (exact) mass is 418 g/mol. The van der Waals surface area contributed by atoms with Crippen molar-refractivity contribution in [3.8, 4) is 11.1 Å². The fraction of sp³-hybridized carbons (Fsp3) is 0.143. The molecular weight excluding hydrogens is 398 g/mol. The van der Waals surface area contributed by atoms with Crippen LogP contribution < -0.4 is 10.5 Å². The Hall–Kier alpha value is -2.81. The Labute approximate surface area is 167 Å². The number of aliphatic hydroxyl groups is 1. The minimum absolute atomic E-state index is 0.0214. The molecule has 3 aromatic rings. The van der Waals surface area contributed by atoms with Crippen molar-refractivity contribution in [3.63, 3.8) is 0 Å². The molecule has 29 heavy (non-hydrogen) atoms. The van der Waals surface area contributed by atoms with Gasteiger partial charge in [0.1, 0.15) is 11.6 Å². The van der Waals surface area contributed by atoms with Gasteiger partial charge in [-0.25, -0.2) is 17.2 Å². The number of sulfonamides is 1. The molecule has 0 aliphatic rings. The van der Waals surface area contributed by atoms with Crippen LogP contribution >= 0.6 is 0 Å². The number of nitrogens with two attached hydrogens (primary N) is 1. The molecule has 3 rings (SSSR count). The topological polar surface area (TPSA) is 92.4 Å². The minimum atomic E-state index is -3.91. The first-order valence-corrected chi connectivity index (χ1v) is 10.2. The lowest BCUT2D eigenvalue weighted by atomic mass is 9.94. The Kier molecular flexibility index (Phi) is 5.70. The summed E-state index contributed by atoms with van der Waals surface area (Å²) in [6.07, 6.45) is 0. The number of nitrogens with one attached hydrogen (secondary N) is 1. The zero-order valence-corrected chi connectivity index (χ0v) is 16.4. The normalized spacial score (nSPS) is 13.7. The van der Waals surface area contributed by atoms with Gasteiger partial charge in [-0.15, -0.1) is 0 Å². The predicted molar refractivity (Wildman–Crippen MR) is 108 cm³/mol. The van der Waals surface area contributed by atoms with Crippen molar-refractivity contribution in [1.82, 2.24) is 0 Å². The molecule has 0 spiro atoms. The van der Waals surface area contributed by atoms with E-state index in [1.54, 1.807) is 31.2 Å². The maximum absolute atomic E-state index is 13.9. The number of halogens is 2. The lowest BCUT2D eigenvalue weighted by Gasteiger charge is -2.23. The summed E-state index contributed by atoms with van der Waals surface area (Å²) >= 11 is 0. The van der Waals surface area contributed by atoms with Crippen LogP contribution in [0.1, 0.15) is 12.5 Å². The minimum Gasteiger partial charge on any atom is -0.394 e. The second-order valence-corrected chi connectivity index (χ2v) is 8.59. The van der Waals surface area contributed by atoms with Crippen LogP contribution in [0.2, 0.25) is 0 Å². The number of anilines is 1. The lowest BCUT2D eigenvalue weighted by molar-refractivity contribution is 0.210. The van der Waals surface area contributed by atoms with Crippen molar-refractivity contribution in [1.29, 1.82) is 0 Å². The highest BCUT2D eigenvalue weighted by molar-refractivity contribution is 7.92. The Bertz CT molecular complexity index is 1130. The van der Waals surface area contributed by atoms with Gasteiger partial charge < -0.3 is 10.8 Å². The summed E-state index contributed by atoms with van der Waals surface area (Å²) in [7, 11) is -3.91. The van der Waals surface area contributed by atoms with Gasteiger partial charge >= 0.3 is 0 Å². The van der Waals surface area contributed by atoms with E-state index in [9.17, 15) is 22.3 Å². The fourth-order valence-electron chi connectivity index (χ4n) is 2.78. The standard InChI is InChI=1S/C21H20F2N2O3S/c1-21(24,13-26)15-3-2-4-17(11-15)25-29(27,28)18-8-5-14(6-9-18)19-10-7-16(22)12-20(19)23/h2-12,25-26H,13,24H2,1H3. The first kappa shape index (κ1) is 20.9. The third kappa shape index (κ3) is 4.61. The quantitative estimate of drug-likeness (QED) is 0.570. The Morgan fingerprint density at radius 1 is 1.03 bits per heavy atom. The summed E-state index contributed by atoms with van der Waals surface area (Å²) in [6, 6.07) is 15.2. The molecule has 0 radical (unpaired) electrons. The van der Waals surface area contributed by atoms with Crippen LogP contribution in [0.5, 0.6) is 0 Å². The maximum atomic E-state index is 13.9. The average molecular weight is 418 g/mol. The highest BCUT2D eigenvalue weighted by atomic mass is 32.2. The maximum Gasteiger partial charge on any atom is 0.261 e. The highest BCUT2D eigenvalue weighted by Gasteiger charge is 2.21. The van der Waals surface area contributed by atoms with Gasteiger partial charge in [-0.05, 0) is 54.4 Å². The highest BCUT2D eigenvalue weighted by Crippen LogP contribution is 2.26. The SMILES string of the molecule is CC(N)(CO)c1cccc(NS(=O)(=O)c2ccc(-c3ccc(F)cc3F)cc2)c1. The summed E-state index contributed by atoms with van der Waals surface area (Å²) in [4.78, 5) is -0.0214. The molecule has 0 saturated heterocycles. The summed E-state index contributed by atoms with van der Waals surface area (Å²) in [6.45, 7) is 1.33. The lowest BCUT2D eigenvalue weighted by Crippen LogP contribution is -2.36. The van der Waals surface area contributed by atoms with Gasteiger partial charge in [0, 0.05) is 17.3 Å². The van der Waals surface area contributed by atoms with Gasteiger partial charge in [-0.1, -0.05) is 24.3 Å². The summed E-state index contributed by atoms with van der Waals surface area (Å²) in [5, 5.41) is 9.39. The van der Waals surface area contributed by atoms with Gasteiger partial charge in [-0.3, -0.25) is 4.72 Å². The molecule has 0 aliphatic heterocycles. The van der Waals surface area contributed by atoms with Crippen LogP contribution in [-0.2, 0) is 15.6 Å². The van der Waals surface area contributed by atoms with Crippen molar-refractivity contribution >= 4 is 15.7 Å². The van der Waals surface area contributed by atoms with E-state index in [2.05, 4.69) is 4.72 Å². The molecule has 152 valence electrons. The van der Waals surface area contributed by atoms with E-state index in [-0.39, 0.29) is 17.1 Å². The molecule has 0 aliphatic carbocycles. The third-order valence-electron chi connectivity index (χ3n) is 4.51. The van der Waals surface area contributed by atoms with E-state index in [1.165, 1.54) is 30.3 Å². The molecule has 0 fully saturated rings. The Balaban J connectivity index is 1.86. The number of hydrogen-bond acceptors (Lipinski definition) is 4. The first-order valence-electron chi connectivity index (χ1n) is 8.71. The molecule has 0 aromatic heterocycles. The molecule has 5 nitrogen and oxygen atoms in total. The second-order valence-electron chi connectivity index (χ2n) is 6.91. The van der Waals surface area contributed by atoms with E-state index in [0.29, 0.717) is 16.8 Å². The van der Waals surface area contributed by atoms with Crippen LogP contribution in [0.25, 0.3) is 11.1 Å². The molecular formula is C21H20F2N2O3S. The van der Waals surface area contributed by atoms with Crippen LogP contribution in [-0.4, -0.2) is 20.1 Å². The first-order chi connectivity index (χ1) is 13.6. The third-order valence-corrected chi connectivity index (χ3v) is 5.91.